The van der Waals surface area contributed by atoms with Crippen molar-refractivity contribution in [1.29, 1.82) is 0 Å². The molecule has 44 heavy (non-hydrogen) atoms. The molecule has 4 aromatic rings. The standard InChI is InChI=1S/C35H44N6O3/c1-35(2,3)44-33(42)22-29(28-20-31(40-16-18-43-19-17-40)23-32(21-28)41-14-5-13-37-41)25-39-15-11-26(24-39)7-9-30-10-8-27-6-4-12-36-34(27)38-30/h4-6,8,10,12-14,20-21,23,26,29H,7,9,11,15-19,22,24-25H2,1-3H3/t26-,29-/m1/s1. The molecule has 5 heterocycles. The summed E-state index contributed by atoms with van der Waals surface area (Å²) in [7, 11) is 0. The SMILES string of the molecule is CC(C)(C)OC(=O)C[C@H](CN1CC[C@@H](CCc2ccc3cccnc3n2)C1)c1cc(N2CCOCC2)cc(-n2cccn2)c1. The van der Waals surface area contributed by atoms with Crippen LogP contribution in [0.3, 0.4) is 0 Å². The van der Waals surface area contributed by atoms with E-state index in [1.807, 2.05) is 43.8 Å². The van der Waals surface area contributed by atoms with E-state index in [1.54, 1.807) is 12.4 Å². The van der Waals surface area contributed by atoms with Gasteiger partial charge in [-0.05, 0) is 107 Å². The van der Waals surface area contributed by atoms with Crippen molar-refractivity contribution in [3.63, 3.8) is 0 Å². The molecule has 1 aromatic carbocycles. The number of carbonyl (C=O) groups excluding carboxylic acids is 1. The molecule has 6 rings (SSSR count). The van der Waals surface area contributed by atoms with Crippen LogP contribution in [0, 0.1) is 5.92 Å². The van der Waals surface area contributed by atoms with E-state index in [1.165, 1.54) is 0 Å². The van der Waals surface area contributed by atoms with Gasteiger partial charge in [0.05, 0.1) is 25.3 Å². The van der Waals surface area contributed by atoms with Crippen molar-refractivity contribution in [3.05, 3.63) is 78.4 Å². The number of nitrogens with zero attached hydrogens (tertiary/aromatic N) is 6. The summed E-state index contributed by atoms with van der Waals surface area (Å²) in [5.74, 6) is 0.427. The monoisotopic (exact) mass is 596 g/mol. The molecule has 2 saturated heterocycles. The van der Waals surface area contributed by atoms with Crippen LogP contribution in [-0.4, -0.2) is 82.2 Å². The smallest absolute Gasteiger partial charge is 0.306 e. The maximum atomic E-state index is 13.2. The summed E-state index contributed by atoms with van der Waals surface area (Å²) in [6.07, 6.45) is 9.09. The predicted molar refractivity (Wildman–Crippen MR) is 172 cm³/mol. The maximum absolute atomic E-state index is 13.2. The molecule has 0 unspecified atom stereocenters. The summed E-state index contributed by atoms with van der Waals surface area (Å²) in [6.45, 7) is 11.7. The number of hydrogen-bond acceptors (Lipinski definition) is 8. The van der Waals surface area contributed by atoms with Gasteiger partial charge in [-0.2, -0.15) is 5.10 Å². The molecule has 0 aliphatic carbocycles. The molecule has 0 saturated carbocycles. The fourth-order valence-corrected chi connectivity index (χ4v) is 6.39. The van der Waals surface area contributed by atoms with Gasteiger partial charge in [0, 0.05) is 67.5 Å². The minimum atomic E-state index is -0.525. The number of pyridine rings is 2. The predicted octanol–water partition coefficient (Wildman–Crippen LogP) is 5.42. The van der Waals surface area contributed by atoms with E-state index in [0.717, 1.165) is 85.7 Å². The Kier molecular flexibility index (Phi) is 9.23. The van der Waals surface area contributed by atoms with Crippen LogP contribution >= 0.6 is 0 Å². The summed E-state index contributed by atoms with van der Waals surface area (Å²) in [4.78, 5) is 27.3. The molecule has 9 nitrogen and oxygen atoms in total. The zero-order valence-corrected chi connectivity index (χ0v) is 26.2. The normalized spacial score (nSPS) is 18.5. The van der Waals surface area contributed by atoms with Crippen LogP contribution in [0.1, 0.15) is 57.2 Å². The molecule has 2 atom stereocenters. The molecule has 9 heteroatoms. The molecule has 0 bridgehead atoms. The Balaban J connectivity index is 1.19. The zero-order valence-electron chi connectivity index (χ0n) is 26.2. The van der Waals surface area contributed by atoms with Crippen molar-refractivity contribution in [3.8, 4) is 5.69 Å². The molecule has 232 valence electrons. The lowest BCUT2D eigenvalue weighted by Crippen LogP contribution is -2.36. The number of hydrogen-bond donors (Lipinski definition) is 0. The number of rotatable bonds is 10. The Morgan fingerprint density at radius 2 is 1.89 bits per heavy atom. The highest BCUT2D eigenvalue weighted by molar-refractivity contribution is 5.74. The first-order valence-electron chi connectivity index (χ1n) is 15.9. The lowest BCUT2D eigenvalue weighted by atomic mass is 9.93. The number of morpholine rings is 1. The van der Waals surface area contributed by atoms with Crippen LogP contribution in [0.4, 0.5) is 5.69 Å². The lowest BCUT2D eigenvalue weighted by molar-refractivity contribution is -0.155. The van der Waals surface area contributed by atoms with Crippen molar-refractivity contribution >= 4 is 22.7 Å². The number of ether oxygens (including phenoxy) is 2. The molecule has 2 aliphatic rings. The molecule has 0 amide bonds. The summed E-state index contributed by atoms with van der Waals surface area (Å²) in [6, 6.07) is 16.8. The number of aryl methyl sites for hydroxylation is 1. The number of benzene rings is 1. The third kappa shape index (κ3) is 7.81. The molecule has 3 aromatic heterocycles. The highest BCUT2D eigenvalue weighted by Crippen LogP contribution is 2.32. The van der Waals surface area contributed by atoms with Crippen molar-refractivity contribution < 1.29 is 14.3 Å². The van der Waals surface area contributed by atoms with Crippen molar-refractivity contribution in [2.45, 2.75) is 58.0 Å². The van der Waals surface area contributed by atoms with Gasteiger partial charge in [-0.1, -0.05) is 0 Å². The molecular weight excluding hydrogens is 552 g/mol. The van der Waals surface area contributed by atoms with Crippen molar-refractivity contribution in [2.75, 3.05) is 50.8 Å². The Hall–Kier alpha value is -3.82. The second-order valence-corrected chi connectivity index (χ2v) is 13.1. The van der Waals surface area contributed by atoms with Gasteiger partial charge in [-0.25, -0.2) is 14.6 Å². The Bertz CT molecular complexity index is 1540. The second kappa shape index (κ2) is 13.4. The van der Waals surface area contributed by atoms with Crippen molar-refractivity contribution in [2.24, 2.45) is 5.92 Å². The quantitative estimate of drug-likeness (QED) is 0.224. The second-order valence-electron chi connectivity index (χ2n) is 13.1. The number of fused-ring (bicyclic) bond motifs is 1. The average Bonchev–Trinajstić information content (AvgIpc) is 3.72. The number of aromatic nitrogens is 4. The van der Waals surface area contributed by atoms with E-state index in [2.05, 4.69) is 56.3 Å². The minimum Gasteiger partial charge on any atom is -0.460 e. The lowest BCUT2D eigenvalue weighted by Gasteiger charge is -2.31. The Labute approximate surface area is 260 Å². The highest BCUT2D eigenvalue weighted by atomic mass is 16.6. The third-order valence-electron chi connectivity index (χ3n) is 8.55. The molecule has 0 spiro atoms. The molecule has 0 radical (unpaired) electrons. The molecule has 2 fully saturated rings. The summed E-state index contributed by atoms with van der Waals surface area (Å²) < 4.78 is 13.4. The van der Waals surface area contributed by atoms with Crippen LogP contribution in [0.5, 0.6) is 0 Å². The fourth-order valence-electron chi connectivity index (χ4n) is 6.39. The van der Waals surface area contributed by atoms with Gasteiger partial charge < -0.3 is 19.3 Å². The van der Waals surface area contributed by atoms with Crippen LogP contribution < -0.4 is 4.90 Å². The van der Waals surface area contributed by atoms with Gasteiger partial charge in [0.2, 0.25) is 0 Å². The topological polar surface area (TPSA) is 85.6 Å². The molecule has 2 aliphatic heterocycles. The first kappa shape index (κ1) is 30.2. The van der Waals surface area contributed by atoms with E-state index >= 15 is 0 Å². The maximum Gasteiger partial charge on any atom is 0.306 e. The van der Waals surface area contributed by atoms with Gasteiger partial charge in [0.15, 0.2) is 5.65 Å². The average molecular weight is 597 g/mol. The largest absolute Gasteiger partial charge is 0.460 e. The summed E-state index contributed by atoms with van der Waals surface area (Å²) >= 11 is 0. The van der Waals surface area contributed by atoms with Gasteiger partial charge in [-0.3, -0.25) is 4.79 Å². The molecule has 0 N–H and O–H groups in total. The summed E-state index contributed by atoms with van der Waals surface area (Å²) in [5.41, 5.74) is 4.67. The number of anilines is 1. The first-order valence-corrected chi connectivity index (χ1v) is 15.9. The zero-order chi connectivity index (χ0) is 30.5. The number of esters is 1. The number of likely N-dealkylation sites (tertiary alicyclic amines) is 1. The number of carbonyl (C=O) groups is 1. The van der Waals surface area contributed by atoms with E-state index < -0.39 is 5.60 Å². The van der Waals surface area contributed by atoms with Gasteiger partial charge >= 0.3 is 5.97 Å². The van der Waals surface area contributed by atoms with Crippen LogP contribution in [0.25, 0.3) is 16.7 Å². The Morgan fingerprint density at radius 3 is 2.68 bits per heavy atom. The minimum absolute atomic E-state index is 0.00729. The first-order chi connectivity index (χ1) is 21.3. The van der Waals surface area contributed by atoms with E-state index in [0.29, 0.717) is 25.6 Å². The van der Waals surface area contributed by atoms with Gasteiger partial charge in [0.25, 0.3) is 0 Å². The van der Waals surface area contributed by atoms with Gasteiger partial charge in [0.1, 0.15) is 5.60 Å². The van der Waals surface area contributed by atoms with E-state index in [9.17, 15) is 4.79 Å². The highest BCUT2D eigenvalue weighted by Gasteiger charge is 2.29. The molecular formula is C35H44N6O3. The van der Waals surface area contributed by atoms with Crippen LogP contribution in [0.2, 0.25) is 0 Å². The third-order valence-corrected chi connectivity index (χ3v) is 8.55. The van der Waals surface area contributed by atoms with Crippen LogP contribution in [0.15, 0.2) is 67.1 Å². The Morgan fingerprint density at radius 1 is 1.05 bits per heavy atom. The fraction of sp³-hybridized carbons (Fsp3) is 0.486. The van der Waals surface area contributed by atoms with E-state index in [4.69, 9.17) is 14.5 Å². The van der Waals surface area contributed by atoms with Crippen LogP contribution in [-0.2, 0) is 20.7 Å². The van der Waals surface area contributed by atoms with E-state index in [-0.39, 0.29) is 11.9 Å². The van der Waals surface area contributed by atoms with Crippen molar-refractivity contribution in [1.82, 2.24) is 24.6 Å². The summed E-state index contributed by atoms with van der Waals surface area (Å²) in [5, 5.41) is 5.60. The van der Waals surface area contributed by atoms with Gasteiger partial charge in [-0.15, -0.1) is 0 Å².